The van der Waals surface area contributed by atoms with Crippen LogP contribution in [0.4, 0.5) is 0 Å². The smallest absolute Gasteiger partial charge is 0.335 e. The van der Waals surface area contributed by atoms with Crippen LogP contribution in [0, 0.1) is 0 Å². The Morgan fingerprint density at radius 3 is 2.68 bits per heavy atom. The largest absolute Gasteiger partial charge is 0.404 e. The minimum Gasteiger partial charge on any atom is -0.404 e. The van der Waals surface area contributed by atoms with E-state index in [4.69, 9.17) is 9.47 Å². The second-order valence-electron chi connectivity index (χ2n) is 7.95. The van der Waals surface area contributed by atoms with Crippen LogP contribution in [0.3, 0.4) is 0 Å². The minimum atomic E-state index is -1.41. The number of rotatable bonds is 4. The molecule has 0 unspecified atom stereocenters. The highest BCUT2D eigenvalue weighted by Crippen LogP contribution is 2.35. The fourth-order valence-corrected chi connectivity index (χ4v) is 4.47. The van der Waals surface area contributed by atoms with E-state index in [1.54, 1.807) is 10.9 Å². The lowest BCUT2D eigenvalue weighted by Gasteiger charge is -2.46. The molecule has 1 aromatic heterocycles. The van der Waals surface area contributed by atoms with Crippen molar-refractivity contribution < 1.29 is 19.1 Å². The number of benzene rings is 1. The molecule has 160 valence electrons. The average molecular weight is 421 g/mol. The molecule has 5 rings (SSSR count). The van der Waals surface area contributed by atoms with E-state index in [1.165, 1.54) is 16.7 Å². The average Bonchev–Trinajstić information content (AvgIpc) is 3.39. The minimum absolute atomic E-state index is 0.304. The van der Waals surface area contributed by atoms with Gasteiger partial charge < -0.3 is 9.47 Å². The Morgan fingerprint density at radius 2 is 1.94 bits per heavy atom. The van der Waals surface area contributed by atoms with Gasteiger partial charge in [-0.2, -0.15) is 0 Å². The van der Waals surface area contributed by atoms with Crippen molar-refractivity contribution in [3.8, 4) is 5.69 Å². The van der Waals surface area contributed by atoms with Crippen molar-refractivity contribution in [2.45, 2.75) is 18.8 Å². The molecule has 0 radical (unpaired) electrons. The molecule has 2 aromatic rings. The van der Waals surface area contributed by atoms with Gasteiger partial charge in [0.15, 0.2) is 0 Å². The molecule has 2 aliphatic heterocycles. The maximum atomic E-state index is 12.1. The van der Waals surface area contributed by atoms with Crippen LogP contribution in [0.15, 0.2) is 48.8 Å². The normalized spacial score (nSPS) is 20.9. The molecular weight excluding hydrogens is 398 g/mol. The molecule has 0 N–H and O–H groups in total. The van der Waals surface area contributed by atoms with Gasteiger partial charge in [0.2, 0.25) is 0 Å². The summed E-state index contributed by atoms with van der Waals surface area (Å²) in [6, 6.07) is 6.17. The van der Waals surface area contributed by atoms with Gasteiger partial charge >= 0.3 is 17.8 Å². The number of allylic oxidation sites excluding steroid dienone is 1. The van der Waals surface area contributed by atoms with Crippen LogP contribution in [-0.2, 0) is 25.5 Å². The molecule has 3 aliphatic rings. The topological polar surface area (TPSA) is 89.8 Å². The van der Waals surface area contributed by atoms with Gasteiger partial charge in [0.1, 0.15) is 0 Å². The molecule has 0 amide bonds. The number of likely N-dealkylation sites (N-methyl/N-ethyl adjacent to an activating group) is 1. The highest BCUT2D eigenvalue weighted by Gasteiger charge is 2.48. The number of hydrogen-bond donors (Lipinski definition) is 0. The van der Waals surface area contributed by atoms with Gasteiger partial charge in [-0.05, 0) is 42.7 Å². The number of piperazine rings is 1. The highest BCUT2D eigenvalue weighted by atomic mass is 16.8. The monoisotopic (exact) mass is 421 g/mol. The Labute approximate surface area is 179 Å². The molecule has 1 aliphatic carbocycles. The van der Waals surface area contributed by atoms with Crippen molar-refractivity contribution in [2.24, 2.45) is 0 Å². The number of carbonyl (C=O) groups excluding carboxylic acids is 2. The van der Waals surface area contributed by atoms with Crippen LogP contribution in [0.2, 0.25) is 0 Å². The van der Waals surface area contributed by atoms with E-state index in [9.17, 15) is 9.59 Å². The van der Waals surface area contributed by atoms with E-state index < -0.39 is 17.8 Å². The zero-order valence-electron chi connectivity index (χ0n) is 17.2. The van der Waals surface area contributed by atoms with Gasteiger partial charge in [-0.25, -0.2) is 19.2 Å². The van der Waals surface area contributed by atoms with Crippen molar-refractivity contribution in [3.05, 3.63) is 59.9 Å². The van der Waals surface area contributed by atoms with Crippen LogP contribution < -0.4 is 0 Å². The van der Waals surface area contributed by atoms with E-state index in [-0.39, 0.29) is 0 Å². The number of esters is 2. The maximum absolute atomic E-state index is 12.1. The third-order valence-electron chi connectivity index (χ3n) is 5.95. The summed E-state index contributed by atoms with van der Waals surface area (Å²) in [6.45, 7) is 2.30. The first-order valence-electron chi connectivity index (χ1n) is 10.3. The lowest BCUT2D eigenvalue weighted by molar-refractivity contribution is -0.297. The molecule has 9 heteroatoms. The first-order chi connectivity index (χ1) is 15.0. The molecule has 9 nitrogen and oxygen atoms in total. The summed E-state index contributed by atoms with van der Waals surface area (Å²) in [5, 5.41) is 8.04. The standard InChI is InChI=1S/C22H23N5O4/c1-25-13-14-26(22(15-25)30-20(28)7-8-21(29)31-22)11-9-16-5-6-18-17(16)3-2-4-19(18)27-12-10-23-24-27/h2-5,7-8,10,12H,6,9,11,13-15H2,1H3. The van der Waals surface area contributed by atoms with E-state index in [2.05, 4.69) is 22.5 Å². The van der Waals surface area contributed by atoms with E-state index in [1.807, 2.05) is 35.2 Å². The highest BCUT2D eigenvalue weighted by molar-refractivity contribution is 5.93. The number of ether oxygens (including phenoxy) is 2. The lowest BCUT2D eigenvalue weighted by Crippen LogP contribution is -2.65. The number of nitrogens with zero attached hydrogens (tertiary/aromatic N) is 5. The van der Waals surface area contributed by atoms with E-state index in [0.717, 1.165) is 37.2 Å². The summed E-state index contributed by atoms with van der Waals surface area (Å²) in [5.74, 6) is -2.56. The predicted octanol–water partition coefficient (Wildman–Crippen LogP) is 1.15. The Bertz CT molecular complexity index is 1060. The van der Waals surface area contributed by atoms with Gasteiger partial charge in [-0.3, -0.25) is 4.90 Å². The molecule has 31 heavy (non-hydrogen) atoms. The summed E-state index contributed by atoms with van der Waals surface area (Å²) in [7, 11) is 1.92. The Hall–Kier alpha value is -3.30. The molecular formula is C22H23N5O4. The second kappa shape index (κ2) is 7.75. The van der Waals surface area contributed by atoms with Crippen molar-refractivity contribution in [2.75, 3.05) is 33.2 Å². The van der Waals surface area contributed by atoms with Crippen molar-refractivity contribution in [1.82, 2.24) is 24.8 Å². The first-order valence-corrected chi connectivity index (χ1v) is 10.3. The van der Waals surface area contributed by atoms with Crippen molar-refractivity contribution in [3.63, 3.8) is 0 Å². The molecule has 0 atom stereocenters. The van der Waals surface area contributed by atoms with Crippen LogP contribution in [0.5, 0.6) is 0 Å². The lowest BCUT2D eigenvalue weighted by atomic mass is 10.0. The SMILES string of the molecule is CN1CCN(CCC2=CCc3c2cccc3-n2ccnn2)C2(C1)OC(=O)C=CC(=O)O2. The van der Waals surface area contributed by atoms with Gasteiger partial charge in [0.25, 0.3) is 0 Å². The molecule has 0 saturated carbocycles. The molecule has 0 bridgehead atoms. The molecule has 1 aromatic carbocycles. The van der Waals surface area contributed by atoms with Gasteiger partial charge in [0, 0.05) is 31.8 Å². The summed E-state index contributed by atoms with van der Waals surface area (Å²) >= 11 is 0. The summed E-state index contributed by atoms with van der Waals surface area (Å²) in [6.07, 6.45) is 9.52. The van der Waals surface area contributed by atoms with Crippen LogP contribution in [0.1, 0.15) is 17.5 Å². The van der Waals surface area contributed by atoms with Gasteiger partial charge in [-0.15, -0.1) is 5.10 Å². The van der Waals surface area contributed by atoms with Crippen molar-refractivity contribution in [1.29, 1.82) is 0 Å². The molecule has 3 heterocycles. The van der Waals surface area contributed by atoms with Gasteiger partial charge in [0.05, 0.1) is 24.6 Å². The zero-order valence-corrected chi connectivity index (χ0v) is 17.2. The third kappa shape index (κ3) is 3.66. The first kappa shape index (κ1) is 19.7. The molecule has 1 spiro atoms. The second-order valence-corrected chi connectivity index (χ2v) is 7.95. The summed E-state index contributed by atoms with van der Waals surface area (Å²) in [5.41, 5.74) is 4.64. The molecule has 1 fully saturated rings. The molecule has 1 saturated heterocycles. The van der Waals surface area contributed by atoms with Gasteiger partial charge in [-0.1, -0.05) is 23.4 Å². The Kier molecular flexibility index (Phi) is 4.91. The predicted molar refractivity (Wildman–Crippen MR) is 111 cm³/mol. The van der Waals surface area contributed by atoms with E-state index >= 15 is 0 Å². The fraction of sp³-hybridized carbons (Fsp3) is 0.364. The summed E-state index contributed by atoms with van der Waals surface area (Å²) < 4.78 is 13.0. The number of hydrogen-bond acceptors (Lipinski definition) is 8. The number of aromatic nitrogens is 3. The van der Waals surface area contributed by atoms with E-state index in [0.29, 0.717) is 19.6 Å². The third-order valence-corrected chi connectivity index (χ3v) is 5.95. The number of carbonyl (C=O) groups is 2. The van der Waals surface area contributed by atoms with Crippen molar-refractivity contribution >= 4 is 17.5 Å². The van der Waals surface area contributed by atoms with Crippen LogP contribution >= 0.6 is 0 Å². The Balaban J connectivity index is 1.36. The summed E-state index contributed by atoms with van der Waals surface area (Å²) in [4.78, 5) is 28.2. The fourth-order valence-electron chi connectivity index (χ4n) is 4.47. The quantitative estimate of drug-likeness (QED) is 0.680. The van der Waals surface area contributed by atoms with Crippen LogP contribution in [-0.4, -0.2) is 75.9 Å². The van der Waals surface area contributed by atoms with Crippen LogP contribution in [0.25, 0.3) is 11.3 Å². The Morgan fingerprint density at radius 1 is 1.13 bits per heavy atom. The zero-order chi connectivity index (χ0) is 21.4. The maximum Gasteiger partial charge on any atom is 0.335 e. The number of fused-ring (bicyclic) bond motifs is 1.